The Morgan fingerprint density at radius 2 is 1.85 bits per heavy atom. The van der Waals surface area contributed by atoms with E-state index in [0.717, 1.165) is 0 Å². The molecule has 0 bridgehead atoms. The minimum absolute atomic E-state index is 0.299. The number of hydrogen-bond acceptors (Lipinski definition) is 2. The maximum absolute atomic E-state index is 11.9. The van der Waals surface area contributed by atoms with Crippen molar-refractivity contribution < 1.29 is 21.6 Å². The molecule has 1 aliphatic rings. The van der Waals surface area contributed by atoms with Gasteiger partial charge in [0.25, 0.3) is 10.2 Å². The molecule has 4 nitrogen and oxygen atoms in total. The highest BCUT2D eigenvalue weighted by Gasteiger charge is 2.42. The van der Waals surface area contributed by atoms with Gasteiger partial charge in [-0.3, -0.25) is 0 Å². The molecule has 13 heavy (non-hydrogen) atoms. The third-order valence-electron chi connectivity index (χ3n) is 1.62. The summed E-state index contributed by atoms with van der Waals surface area (Å²) in [5.74, 6) is 0. The van der Waals surface area contributed by atoms with Crippen LogP contribution < -0.4 is 5.14 Å². The van der Waals surface area contributed by atoms with E-state index in [1.165, 1.54) is 0 Å². The summed E-state index contributed by atoms with van der Waals surface area (Å²) >= 11 is 0. The number of hydrogen-bond donors (Lipinski definition) is 1. The van der Waals surface area contributed by atoms with Gasteiger partial charge in [-0.2, -0.15) is 25.9 Å². The molecule has 0 unspecified atom stereocenters. The van der Waals surface area contributed by atoms with E-state index >= 15 is 0 Å². The van der Waals surface area contributed by atoms with E-state index in [1.54, 1.807) is 0 Å². The topological polar surface area (TPSA) is 63.4 Å². The number of nitrogens with two attached hydrogens (primary N) is 1. The van der Waals surface area contributed by atoms with Crippen LogP contribution in [0.4, 0.5) is 13.2 Å². The van der Waals surface area contributed by atoms with Crippen molar-refractivity contribution in [2.45, 2.75) is 25.1 Å². The van der Waals surface area contributed by atoms with E-state index in [-0.39, 0.29) is 0 Å². The first-order valence-electron chi connectivity index (χ1n) is 3.56. The largest absolute Gasteiger partial charge is 0.402 e. The molecule has 0 aromatic rings. The minimum Gasteiger partial charge on any atom is -0.216 e. The average molecular weight is 218 g/mol. The van der Waals surface area contributed by atoms with Gasteiger partial charge in [0.1, 0.15) is 6.54 Å². The fourth-order valence-corrected chi connectivity index (χ4v) is 1.92. The van der Waals surface area contributed by atoms with Crippen molar-refractivity contribution in [2.24, 2.45) is 5.14 Å². The molecule has 0 aromatic heterocycles. The SMILES string of the molecule is NS(=O)(=O)N(CC(F)(F)F)C1CC1. The molecule has 1 aliphatic carbocycles. The molecule has 8 heteroatoms. The lowest BCUT2D eigenvalue weighted by molar-refractivity contribution is -0.137. The second kappa shape index (κ2) is 3.10. The van der Waals surface area contributed by atoms with Crippen molar-refractivity contribution in [1.82, 2.24) is 4.31 Å². The molecule has 1 saturated carbocycles. The van der Waals surface area contributed by atoms with Crippen molar-refractivity contribution in [3.8, 4) is 0 Å². The molecule has 0 radical (unpaired) electrons. The van der Waals surface area contributed by atoms with Gasteiger partial charge in [-0.25, -0.2) is 5.14 Å². The summed E-state index contributed by atoms with van der Waals surface area (Å²) in [5.41, 5.74) is 0. The first-order valence-corrected chi connectivity index (χ1v) is 5.07. The van der Waals surface area contributed by atoms with Crippen LogP contribution >= 0.6 is 0 Å². The zero-order chi connectivity index (χ0) is 10.3. The number of halogens is 3. The van der Waals surface area contributed by atoms with Gasteiger partial charge in [-0.05, 0) is 12.8 Å². The molecule has 0 atom stereocenters. The summed E-state index contributed by atoms with van der Waals surface area (Å²) in [7, 11) is -4.22. The van der Waals surface area contributed by atoms with Crippen LogP contribution in [-0.2, 0) is 10.2 Å². The lowest BCUT2D eigenvalue weighted by Gasteiger charge is -2.19. The molecule has 2 N–H and O–H groups in total. The Kier molecular flexibility index (Phi) is 2.56. The van der Waals surface area contributed by atoms with Gasteiger partial charge in [0.15, 0.2) is 0 Å². The molecule has 0 saturated heterocycles. The first kappa shape index (κ1) is 10.7. The molecular weight excluding hydrogens is 209 g/mol. The zero-order valence-corrected chi connectivity index (χ0v) is 7.40. The molecule has 0 amide bonds. The maximum atomic E-state index is 11.9. The first-order chi connectivity index (χ1) is 5.70. The van der Waals surface area contributed by atoms with Crippen LogP contribution in [0.25, 0.3) is 0 Å². The molecular formula is C5H9F3N2O2S. The van der Waals surface area contributed by atoms with Gasteiger partial charge in [0.05, 0.1) is 0 Å². The molecule has 1 rings (SSSR count). The van der Waals surface area contributed by atoms with Crippen LogP contribution in [0.15, 0.2) is 0 Å². The number of alkyl halides is 3. The van der Waals surface area contributed by atoms with Gasteiger partial charge >= 0.3 is 6.18 Å². The van der Waals surface area contributed by atoms with Crippen LogP contribution in [0.1, 0.15) is 12.8 Å². The van der Waals surface area contributed by atoms with E-state index < -0.39 is 29.0 Å². The third kappa shape index (κ3) is 3.49. The monoisotopic (exact) mass is 218 g/mol. The molecule has 0 aliphatic heterocycles. The zero-order valence-electron chi connectivity index (χ0n) is 6.58. The molecule has 1 fully saturated rings. The molecule has 0 spiro atoms. The Balaban J connectivity index is 2.70. The van der Waals surface area contributed by atoms with E-state index in [4.69, 9.17) is 0 Å². The Morgan fingerprint density at radius 1 is 1.38 bits per heavy atom. The third-order valence-corrected chi connectivity index (χ3v) is 2.70. The van der Waals surface area contributed by atoms with E-state index in [9.17, 15) is 21.6 Å². The highest BCUT2D eigenvalue weighted by atomic mass is 32.2. The Labute approximate surface area is 73.7 Å². The van der Waals surface area contributed by atoms with E-state index in [1.807, 2.05) is 0 Å². The van der Waals surface area contributed by atoms with Gasteiger partial charge in [0.2, 0.25) is 0 Å². The van der Waals surface area contributed by atoms with Crippen molar-refractivity contribution >= 4 is 10.2 Å². The predicted octanol–water partition coefficient (Wildman–Crippen LogP) is 0.217. The summed E-state index contributed by atoms with van der Waals surface area (Å²) < 4.78 is 57.3. The summed E-state index contributed by atoms with van der Waals surface area (Å²) in [4.78, 5) is 0. The normalized spacial score (nSPS) is 19.5. The van der Waals surface area contributed by atoms with Crippen LogP contribution in [0.3, 0.4) is 0 Å². The van der Waals surface area contributed by atoms with Crippen molar-refractivity contribution in [1.29, 1.82) is 0 Å². The fourth-order valence-electron chi connectivity index (χ4n) is 0.966. The lowest BCUT2D eigenvalue weighted by atomic mass is 10.6. The highest BCUT2D eigenvalue weighted by Crippen LogP contribution is 2.31. The standard InChI is InChI=1S/C5H9F3N2O2S/c6-5(7,8)3-10(4-1-2-4)13(9,11)12/h4H,1-3H2,(H2,9,11,12). The van der Waals surface area contributed by atoms with Crippen LogP contribution in [0.5, 0.6) is 0 Å². The Hall–Kier alpha value is -0.340. The molecule has 0 heterocycles. The average Bonchev–Trinajstić information content (AvgIpc) is 2.58. The fraction of sp³-hybridized carbons (Fsp3) is 1.00. The second-order valence-electron chi connectivity index (χ2n) is 2.94. The van der Waals surface area contributed by atoms with Crippen molar-refractivity contribution in [3.05, 3.63) is 0 Å². The summed E-state index contributed by atoms with van der Waals surface area (Å²) in [6.45, 7) is -1.49. The second-order valence-corrected chi connectivity index (χ2v) is 4.44. The maximum Gasteiger partial charge on any atom is 0.402 e. The van der Waals surface area contributed by atoms with Gasteiger partial charge < -0.3 is 0 Å². The number of rotatable bonds is 3. The van der Waals surface area contributed by atoms with E-state index in [2.05, 4.69) is 5.14 Å². The van der Waals surface area contributed by atoms with Crippen molar-refractivity contribution in [3.63, 3.8) is 0 Å². The summed E-state index contributed by atoms with van der Waals surface area (Å²) in [6, 6.07) is -0.559. The predicted molar refractivity (Wildman–Crippen MR) is 38.9 cm³/mol. The molecule has 0 aromatic carbocycles. The molecule has 78 valence electrons. The van der Waals surface area contributed by atoms with Gasteiger partial charge in [-0.15, -0.1) is 0 Å². The Morgan fingerprint density at radius 3 is 2.08 bits per heavy atom. The Bertz CT molecular complexity index is 283. The summed E-state index contributed by atoms with van der Waals surface area (Å²) in [5, 5.41) is 4.63. The minimum atomic E-state index is -4.53. The quantitative estimate of drug-likeness (QED) is 0.736. The van der Waals surface area contributed by atoms with Gasteiger partial charge in [-0.1, -0.05) is 0 Å². The van der Waals surface area contributed by atoms with Crippen LogP contribution in [-0.4, -0.2) is 31.5 Å². The van der Waals surface area contributed by atoms with Crippen molar-refractivity contribution in [2.75, 3.05) is 6.54 Å². The van der Waals surface area contributed by atoms with Gasteiger partial charge in [0, 0.05) is 6.04 Å². The van der Waals surface area contributed by atoms with Crippen LogP contribution in [0, 0.1) is 0 Å². The van der Waals surface area contributed by atoms with Crippen LogP contribution in [0.2, 0.25) is 0 Å². The highest BCUT2D eigenvalue weighted by molar-refractivity contribution is 7.86. The summed E-state index contributed by atoms with van der Waals surface area (Å²) in [6.07, 6.45) is -3.63. The number of nitrogens with zero attached hydrogens (tertiary/aromatic N) is 1. The smallest absolute Gasteiger partial charge is 0.216 e. The lowest BCUT2D eigenvalue weighted by Crippen LogP contribution is -2.44. The van der Waals surface area contributed by atoms with E-state index in [0.29, 0.717) is 17.1 Å².